The number of hydrogen-bond donors (Lipinski definition) is 1. The lowest BCUT2D eigenvalue weighted by Crippen LogP contribution is -2.50. The van der Waals surface area contributed by atoms with E-state index in [1.165, 1.54) is 18.2 Å². The SMILES string of the molecule is Cc1ccc([C@@]2(NS(=O)(=O)c3ccccc3)CCOc3cccnc32)cc1F. The largest absolute Gasteiger partial charge is 0.491 e. The normalized spacial score (nSPS) is 18.9. The minimum atomic E-state index is -3.90. The van der Waals surface area contributed by atoms with Crippen LogP contribution in [0, 0.1) is 12.7 Å². The predicted octanol–water partition coefficient (Wildman–Crippen LogP) is 3.53. The Kier molecular flexibility index (Phi) is 4.64. The summed E-state index contributed by atoms with van der Waals surface area (Å²) in [5.41, 5.74) is 0.151. The van der Waals surface area contributed by atoms with Crippen molar-refractivity contribution in [2.45, 2.75) is 23.8 Å². The van der Waals surface area contributed by atoms with Gasteiger partial charge in [0.15, 0.2) is 0 Å². The molecule has 144 valence electrons. The topological polar surface area (TPSA) is 68.3 Å². The Bertz CT molecular complexity index is 1120. The Labute approximate surface area is 163 Å². The van der Waals surface area contributed by atoms with Gasteiger partial charge in [0.05, 0.1) is 11.5 Å². The van der Waals surface area contributed by atoms with Gasteiger partial charge in [0.2, 0.25) is 10.0 Å². The maximum absolute atomic E-state index is 14.4. The smallest absolute Gasteiger partial charge is 0.241 e. The van der Waals surface area contributed by atoms with Crippen LogP contribution in [0.25, 0.3) is 0 Å². The second kappa shape index (κ2) is 7.00. The minimum absolute atomic E-state index is 0.130. The van der Waals surface area contributed by atoms with Gasteiger partial charge in [-0.1, -0.05) is 30.3 Å². The van der Waals surface area contributed by atoms with Crippen molar-refractivity contribution < 1.29 is 17.5 Å². The predicted molar refractivity (Wildman–Crippen MR) is 103 cm³/mol. The zero-order chi connectivity index (χ0) is 19.8. The minimum Gasteiger partial charge on any atom is -0.491 e. The summed E-state index contributed by atoms with van der Waals surface area (Å²) >= 11 is 0. The molecule has 0 amide bonds. The molecule has 0 fully saturated rings. The molecule has 1 N–H and O–H groups in total. The van der Waals surface area contributed by atoms with Crippen molar-refractivity contribution in [1.82, 2.24) is 9.71 Å². The highest BCUT2D eigenvalue weighted by Crippen LogP contribution is 2.41. The van der Waals surface area contributed by atoms with Gasteiger partial charge >= 0.3 is 0 Å². The van der Waals surface area contributed by atoms with Crippen LogP contribution in [0.2, 0.25) is 0 Å². The standard InChI is InChI=1S/C21H19FN2O3S/c1-15-9-10-16(14-18(15)22)21(11-13-27-19-8-5-12-23-20(19)21)24-28(25,26)17-6-3-2-4-7-17/h2-10,12,14,24H,11,13H2,1H3/t21-/m0/s1. The molecule has 3 aromatic rings. The molecular weight excluding hydrogens is 379 g/mol. The first-order valence-electron chi connectivity index (χ1n) is 8.86. The number of fused-ring (bicyclic) bond motifs is 1. The molecule has 2 heterocycles. The van der Waals surface area contributed by atoms with Crippen LogP contribution in [0.3, 0.4) is 0 Å². The number of aryl methyl sites for hydroxylation is 1. The zero-order valence-electron chi connectivity index (χ0n) is 15.2. The Balaban J connectivity index is 1.92. The van der Waals surface area contributed by atoms with Crippen molar-refractivity contribution in [2.75, 3.05) is 6.61 Å². The number of hydrogen-bond acceptors (Lipinski definition) is 4. The van der Waals surface area contributed by atoms with Gasteiger partial charge in [-0.05, 0) is 48.4 Å². The molecule has 0 saturated heterocycles. The van der Waals surface area contributed by atoms with Gasteiger partial charge in [-0.25, -0.2) is 12.8 Å². The van der Waals surface area contributed by atoms with E-state index in [1.807, 2.05) is 0 Å². The summed E-state index contributed by atoms with van der Waals surface area (Å²) in [6.45, 7) is 1.93. The van der Waals surface area contributed by atoms with Crippen molar-refractivity contribution in [3.63, 3.8) is 0 Å². The van der Waals surface area contributed by atoms with Gasteiger partial charge in [-0.15, -0.1) is 0 Å². The van der Waals surface area contributed by atoms with Crippen molar-refractivity contribution >= 4 is 10.0 Å². The third kappa shape index (κ3) is 3.16. The van der Waals surface area contributed by atoms with Gasteiger partial charge in [0.1, 0.15) is 22.8 Å². The van der Waals surface area contributed by atoms with Gasteiger partial charge in [0, 0.05) is 12.6 Å². The summed E-state index contributed by atoms with van der Waals surface area (Å²) in [6.07, 6.45) is 1.86. The summed E-state index contributed by atoms with van der Waals surface area (Å²) in [5, 5.41) is 0. The molecule has 4 rings (SSSR count). The Morgan fingerprint density at radius 2 is 1.89 bits per heavy atom. The monoisotopic (exact) mass is 398 g/mol. The van der Waals surface area contributed by atoms with Crippen LogP contribution >= 0.6 is 0 Å². The number of pyridine rings is 1. The van der Waals surface area contributed by atoms with Crippen LogP contribution in [0.15, 0.2) is 71.8 Å². The molecule has 0 spiro atoms. The number of benzene rings is 2. The molecule has 1 aliphatic rings. The van der Waals surface area contributed by atoms with Crippen LogP contribution in [0.4, 0.5) is 4.39 Å². The van der Waals surface area contributed by atoms with Crippen molar-refractivity contribution in [2.24, 2.45) is 0 Å². The summed E-state index contributed by atoms with van der Waals surface area (Å²) in [7, 11) is -3.90. The Hall–Kier alpha value is -2.77. The van der Waals surface area contributed by atoms with Gasteiger partial charge in [-0.3, -0.25) is 4.98 Å². The highest BCUT2D eigenvalue weighted by atomic mass is 32.2. The van der Waals surface area contributed by atoms with E-state index in [9.17, 15) is 12.8 Å². The molecular formula is C21H19FN2O3S. The van der Waals surface area contributed by atoms with E-state index >= 15 is 0 Å². The fourth-order valence-corrected chi connectivity index (χ4v) is 4.85. The lowest BCUT2D eigenvalue weighted by molar-refractivity contribution is 0.221. The lowest BCUT2D eigenvalue weighted by atomic mass is 9.82. The number of rotatable bonds is 4. The summed E-state index contributed by atoms with van der Waals surface area (Å²) in [5.74, 6) is 0.0743. The molecule has 0 saturated carbocycles. The van der Waals surface area contributed by atoms with E-state index in [-0.39, 0.29) is 17.9 Å². The first-order valence-corrected chi connectivity index (χ1v) is 10.3. The van der Waals surface area contributed by atoms with E-state index in [2.05, 4.69) is 9.71 Å². The molecule has 0 aliphatic carbocycles. The van der Waals surface area contributed by atoms with E-state index in [4.69, 9.17) is 4.74 Å². The van der Waals surface area contributed by atoms with E-state index in [0.717, 1.165) is 0 Å². The van der Waals surface area contributed by atoms with Crippen LogP contribution < -0.4 is 9.46 Å². The zero-order valence-corrected chi connectivity index (χ0v) is 16.0. The van der Waals surface area contributed by atoms with Crippen molar-refractivity contribution in [3.05, 3.63) is 89.5 Å². The number of ether oxygens (including phenoxy) is 1. The molecule has 1 aromatic heterocycles. The van der Waals surface area contributed by atoms with Crippen LogP contribution in [-0.2, 0) is 15.6 Å². The molecule has 28 heavy (non-hydrogen) atoms. The van der Waals surface area contributed by atoms with Gasteiger partial charge in [-0.2, -0.15) is 4.72 Å². The summed E-state index contributed by atoms with van der Waals surface area (Å²) in [6, 6.07) is 16.3. The third-order valence-corrected chi connectivity index (χ3v) is 6.45. The first kappa shape index (κ1) is 18.6. The molecule has 5 nitrogen and oxygen atoms in total. The fraction of sp³-hybridized carbons (Fsp3) is 0.190. The molecule has 2 aromatic carbocycles. The third-order valence-electron chi connectivity index (χ3n) is 4.94. The summed E-state index contributed by atoms with van der Waals surface area (Å²) < 4.78 is 49.2. The number of sulfonamides is 1. The second-order valence-electron chi connectivity index (χ2n) is 6.74. The number of nitrogens with one attached hydrogen (secondary N) is 1. The van der Waals surface area contributed by atoms with Gasteiger partial charge in [0.25, 0.3) is 0 Å². The average molecular weight is 398 g/mol. The maximum atomic E-state index is 14.4. The number of halogens is 1. The fourth-order valence-electron chi connectivity index (χ4n) is 3.45. The molecule has 0 bridgehead atoms. The van der Waals surface area contributed by atoms with Crippen molar-refractivity contribution in [1.29, 1.82) is 0 Å². The number of aromatic nitrogens is 1. The second-order valence-corrected chi connectivity index (χ2v) is 8.42. The Morgan fingerprint density at radius 1 is 1.11 bits per heavy atom. The lowest BCUT2D eigenvalue weighted by Gasteiger charge is -2.38. The van der Waals surface area contributed by atoms with Crippen molar-refractivity contribution in [3.8, 4) is 5.75 Å². The maximum Gasteiger partial charge on any atom is 0.241 e. The molecule has 1 aliphatic heterocycles. The van der Waals surface area contributed by atoms with Crippen LogP contribution in [0.1, 0.15) is 23.2 Å². The summed E-state index contributed by atoms with van der Waals surface area (Å²) in [4.78, 5) is 4.54. The van der Waals surface area contributed by atoms with Crippen LogP contribution in [0.5, 0.6) is 5.75 Å². The van der Waals surface area contributed by atoms with Gasteiger partial charge < -0.3 is 4.74 Å². The van der Waals surface area contributed by atoms with Crippen LogP contribution in [-0.4, -0.2) is 20.0 Å². The molecule has 0 unspecified atom stereocenters. The van der Waals surface area contributed by atoms with E-state index in [0.29, 0.717) is 22.6 Å². The van der Waals surface area contributed by atoms with E-state index in [1.54, 1.807) is 55.6 Å². The molecule has 1 atom stereocenters. The highest BCUT2D eigenvalue weighted by Gasteiger charge is 2.44. The van der Waals surface area contributed by atoms with E-state index < -0.39 is 21.4 Å². The average Bonchev–Trinajstić information content (AvgIpc) is 2.71. The first-order chi connectivity index (χ1) is 13.4. The molecule has 7 heteroatoms. The highest BCUT2D eigenvalue weighted by molar-refractivity contribution is 7.89. The number of nitrogens with zero attached hydrogens (tertiary/aromatic N) is 1. The molecule has 0 radical (unpaired) electrons. The quantitative estimate of drug-likeness (QED) is 0.730. The Morgan fingerprint density at radius 3 is 2.64 bits per heavy atom.